The van der Waals surface area contributed by atoms with Crippen LogP contribution in [0, 0.1) is 20.8 Å². The van der Waals surface area contributed by atoms with Gasteiger partial charge < -0.3 is 15.0 Å². The summed E-state index contributed by atoms with van der Waals surface area (Å²) in [5.74, 6) is -0.857. The zero-order chi connectivity index (χ0) is 23.5. The van der Waals surface area contributed by atoms with Gasteiger partial charge in [-0.15, -0.1) is 0 Å². The summed E-state index contributed by atoms with van der Waals surface area (Å²) in [5, 5.41) is 2.32. The number of morpholine rings is 1. The molecule has 0 aliphatic carbocycles. The van der Waals surface area contributed by atoms with Crippen LogP contribution in [0.5, 0.6) is 0 Å². The van der Waals surface area contributed by atoms with Crippen LogP contribution in [-0.4, -0.2) is 54.8 Å². The summed E-state index contributed by atoms with van der Waals surface area (Å²) in [6.07, 6.45) is 1.73. The third kappa shape index (κ3) is 5.29. The van der Waals surface area contributed by atoms with E-state index in [0.29, 0.717) is 23.8 Å². The van der Waals surface area contributed by atoms with Crippen LogP contribution in [0.1, 0.15) is 22.3 Å². The minimum Gasteiger partial charge on any atom is -0.378 e. The molecule has 0 aromatic heterocycles. The van der Waals surface area contributed by atoms with E-state index in [4.69, 9.17) is 4.74 Å². The second-order valence-electron chi connectivity index (χ2n) is 8.26. The molecule has 1 N–H and O–H groups in total. The third-order valence-electron chi connectivity index (χ3n) is 5.88. The van der Waals surface area contributed by atoms with Crippen LogP contribution in [0.2, 0.25) is 0 Å². The maximum atomic E-state index is 12.8. The molecule has 2 aliphatic rings. The molecular formula is C25H27N3O4S. The first-order valence-electron chi connectivity index (χ1n) is 10.9. The molecule has 0 radical (unpaired) electrons. The molecular weight excluding hydrogens is 438 g/mol. The number of imide groups is 1. The van der Waals surface area contributed by atoms with Crippen LogP contribution in [0.4, 0.5) is 16.2 Å². The predicted octanol–water partition coefficient (Wildman–Crippen LogP) is 4.12. The summed E-state index contributed by atoms with van der Waals surface area (Å²) in [6, 6.07) is 11.6. The fraction of sp³-hybridized carbons (Fsp3) is 0.320. The molecule has 0 bridgehead atoms. The van der Waals surface area contributed by atoms with E-state index in [2.05, 4.69) is 16.3 Å². The predicted molar refractivity (Wildman–Crippen MR) is 131 cm³/mol. The van der Waals surface area contributed by atoms with E-state index in [1.807, 2.05) is 45.0 Å². The van der Waals surface area contributed by atoms with E-state index in [0.717, 1.165) is 57.7 Å². The van der Waals surface area contributed by atoms with Gasteiger partial charge in [-0.1, -0.05) is 12.1 Å². The van der Waals surface area contributed by atoms with Crippen molar-refractivity contribution in [1.29, 1.82) is 0 Å². The van der Waals surface area contributed by atoms with Crippen molar-refractivity contribution in [2.24, 2.45) is 0 Å². The zero-order valence-corrected chi connectivity index (χ0v) is 19.8. The van der Waals surface area contributed by atoms with Gasteiger partial charge >= 0.3 is 0 Å². The second-order valence-corrected chi connectivity index (χ2v) is 9.25. The van der Waals surface area contributed by atoms with E-state index >= 15 is 0 Å². The van der Waals surface area contributed by atoms with E-state index in [-0.39, 0.29) is 6.54 Å². The van der Waals surface area contributed by atoms with Gasteiger partial charge in [0.25, 0.3) is 11.1 Å². The molecule has 0 spiro atoms. The maximum Gasteiger partial charge on any atom is 0.294 e. The highest BCUT2D eigenvalue weighted by molar-refractivity contribution is 8.18. The number of thioether (sulfide) groups is 1. The Hall–Kier alpha value is -3.10. The molecule has 0 saturated carbocycles. The number of benzene rings is 2. The van der Waals surface area contributed by atoms with Crippen molar-refractivity contribution in [2.75, 3.05) is 43.1 Å². The van der Waals surface area contributed by atoms with E-state index in [9.17, 15) is 14.4 Å². The first kappa shape index (κ1) is 23.1. The molecule has 4 rings (SSSR count). The molecule has 2 heterocycles. The van der Waals surface area contributed by atoms with Crippen molar-refractivity contribution in [3.63, 3.8) is 0 Å². The summed E-state index contributed by atoms with van der Waals surface area (Å²) in [4.78, 5) is 41.3. The summed E-state index contributed by atoms with van der Waals surface area (Å²) < 4.78 is 5.41. The fourth-order valence-corrected chi connectivity index (χ4v) is 4.61. The molecule has 2 saturated heterocycles. The smallest absolute Gasteiger partial charge is 0.294 e. The minimum absolute atomic E-state index is 0.316. The molecule has 3 amide bonds. The summed E-state index contributed by atoms with van der Waals surface area (Å²) in [5.41, 5.74) is 5.82. The highest BCUT2D eigenvalue weighted by Gasteiger charge is 2.36. The first-order valence-corrected chi connectivity index (χ1v) is 11.7. The van der Waals surface area contributed by atoms with Crippen molar-refractivity contribution in [1.82, 2.24) is 4.90 Å². The van der Waals surface area contributed by atoms with Gasteiger partial charge in [0, 0.05) is 24.5 Å². The maximum absolute atomic E-state index is 12.8. The number of rotatable bonds is 5. The Morgan fingerprint density at radius 2 is 1.79 bits per heavy atom. The molecule has 0 unspecified atom stereocenters. The molecule has 8 heteroatoms. The van der Waals surface area contributed by atoms with Gasteiger partial charge in [0.15, 0.2) is 0 Å². The number of aryl methyl sites for hydroxylation is 3. The Balaban J connectivity index is 1.44. The SMILES string of the molecule is Cc1ccc(NC(=O)CN2C(=O)S/C(=C\c3ccc(N4CCOCC4)cc3C)C2=O)cc1C. The molecule has 2 fully saturated rings. The topological polar surface area (TPSA) is 79.0 Å². The first-order chi connectivity index (χ1) is 15.8. The summed E-state index contributed by atoms with van der Waals surface area (Å²) >= 11 is 0.862. The standard InChI is InChI=1S/C25H27N3O4S/c1-16-4-6-20(12-17(16)2)26-23(29)15-28-24(30)22(33-25(28)31)14-19-5-7-21(13-18(19)3)27-8-10-32-11-9-27/h4-7,12-14H,8-11,15H2,1-3H3,(H,26,29)/b22-14-. The number of nitrogens with zero attached hydrogens (tertiary/aromatic N) is 2. The number of nitrogens with one attached hydrogen (secondary N) is 1. The van der Waals surface area contributed by atoms with Gasteiger partial charge in [-0.05, 0) is 85.1 Å². The number of carbonyl (C=O) groups excluding carboxylic acids is 3. The molecule has 172 valence electrons. The highest BCUT2D eigenvalue weighted by Crippen LogP contribution is 2.33. The van der Waals surface area contributed by atoms with Gasteiger partial charge in [0.2, 0.25) is 5.91 Å². The van der Waals surface area contributed by atoms with Gasteiger partial charge in [0.05, 0.1) is 18.1 Å². The quantitative estimate of drug-likeness (QED) is 0.669. The zero-order valence-electron chi connectivity index (χ0n) is 19.0. The molecule has 7 nitrogen and oxygen atoms in total. The minimum atomic E-state index is -0.447. The number of hydrogen-bond donors (Lipinski definition) is 1. The lowest BCUT2D eigenvalue weighted by atomic mass is 10.1. The Labute approximate surface area is 197 Å². The van der Waals surface area contributed by atoms with Crippen LogP contribution < -0.4 is 10.2 Å². The van der Waals surface area contributed by atoms with Crippen molar-refractivity contribution >= 4 is 46.3 Å². The van der Waals surface area contributed by atoms with E-state index in [1.165, 1.54) is 0 Å². The molecule has 33 heavy (non-hydrogen) atoms. The Bertz CT molecular complexity index is 1140. The van der Waals surface area contributed by atoms with Crippen LogP contribution in [0.25, 0.3) is 6.08 Å². The number of carbonyl (C=O) groups is 3. The molecule has 2 aliphatic heterocycles. The van der Waals surface area contributed by atoms with Gasteiger partial charge in [-0.3, -0.25) is 19.3 Å². The van der Waals surface area contributed by atoms with Crippen LogP contribution in [0.15, 0.2) is 41.3 Å². The Morgan fingerprint density at radius 3 is 2.48 bits per heavy atom. The third-order valence-corrected chi connectivity index (χ3v) is 6.79. The summed E-state index contributed by atoms with van der Waals surface area (Å²) in [6.45, 7) is 8.74. The Kier molecular flexibility index (Phi) is 6.85. The number of ether oxygens (including phenoxy) is 1. The monoisotopic (exact) mass is 465 g/mol. The average molecular weight is 466 g/mol. The second kappa shape index (κ2) is 9.80. The highest BCUT2D eigenvalue weighted by atomic mass is 32.2. The Morgan fingerprint density at radius 1 is 1.03 bits per heavy atom. The lowest BCUT2D eigenvalue weighted by Crippen LogP contribution is -2.36. The van der Waals surface area contributed by atoms with Crippen LogP contribution in [0.3, 0.4) is 0 Å². The van der Waals surface area contributed by atoms with Gasteiger partial charge in [0.1, 0.15) is 6.54 Å². The van der Waals surface area contributed by atoms with Crippen molar-refractivity contribution < 1.29 is 19.1 Å². The van der Waals surface area contributed by atoms with Gasteiger partial charge in [-0.25, -0.2) is 0 Å². The lowest BCUT2D eigenvalue weighted by Gasteiger charge is -2.29. The van der Waals surface area contributed by atoms with Crippen LogP contribution in [-0.2, 0) is 14.3 Å². The van der Waals surface area contributed by atoms with Gasteiger partial charge in [-0.2, -0.15) is 0 Å². The number of hydrogen-bond acceptors (Lipinski definition) is 6. The largest absolute Gasteiger partial charge is 0.378 e. The molecule has 0 atom stereocenters. The van der Waals surface area contributed by atoms with E-state index in [1.54, 1.807) is 12.1 Å². The summed E-state index contributed by atoms with van der Waals surface area (Å²) in [7, 11) is 0. The van der Waals surface area contributed by atoms with E-state index < -0.39 is 17.1 Å². The lowest BCUT2D eigenvalue weighted by molar-refractivity contribution is -0.127. The number of anilines is 2. The number of amides is 3. The molecule has 2 aromatic carbocycles. The fourth-order valence-electron chi connectivity index (χ4n) is 3.78. The van der Waals surface area contributed by atoms with Crippen molar-refractivity contribution in [3.8, 4) is 0 Å². The van der Waals surface area contributed by atoms with Crippen molar-refractivity contribution in [2.45, 2.75) is 20.8 Å². The normalized spacial score (nSPS) is 17.7. The molecule has 2 aromatic rings. The van der Waals surface area contributed by atoms with Crippen LogP contribution >= 0.6 is 11.8 Å². The van der Waals surface area contributed by atoms with Crippen molar-refractivity contribution in [3.05, 3.63) is 63.6 Å². The average Bonchev–Trinajstić information content (AvgIpc) is 3.05.